The second-order valence-electron chi connectivity index (χ2n) is 4.64. The van der Waals surface area contributed by atoms with Crippen LogP contribution in [0.3, 0.4) is 0 Å². The van der Waals surface area contributed by atoms with E-state index in [2.05, 4.69) is 42.8 Å². The van der Waals surface area contributed by atoms with Gasteiger partial charge in [-0.1, -0.05) is 6.92 Å². The normalized spacial score (nSPS) is 20.2. The average Bonchev–Trinajstić information content (AvgIpc) is 2.74. The van der Waals surface area contributed by atoms with Crippen molar-refractivity contribution in [2.45, 2.75) is 19.4 Å². The van der Waals surface area contributed by atoms with Gasteiger partial charge in [-0.25, -0.2) is 14.6 Å². The molecule has 0 aliphatic carbocycles. The molecular weight excluding hydrogens is 310 g/mol. The molecule has 6 nitrogen and oxygen atoms in total. The molecule has 0 aromatic carbocycles. The molecule has 1 unspecified atom stereocenters. The minimum Gasteiger partial charge on any atom is -0.377 e. The molecule has 0 spiro atoms. The fourth-order valence-corrected chi connectivity index (χ4v) is 3.11. The summed E-state index contributed by atoms with van der Waals surface area (Å²) in [5, 5.41) is 5.35. The van der Waals surface area contributed by atoms with Crippen LogP contribution in [0.1, 0.15) is 13.3 Å². The van der Waals surface area contributed by atoms with Gasteiger partial charge in [0.15, 0.2) is 5.65 Å². The van der Waals surface area contributed by atoms with Crippen LogP contribution in [0.4, 0.5) is 5.82 Å². The third-order valence-electron chi connectivity index (χ3n) is 3.53. The third-order valence-corrected chi connectivity index (χ3v) is 4.08. The van der Waals surface area contributed by atoms with E-state index in [9.17, 15) is 0 Å². The van der Waals surface area contributed by atoms with Crippen molar-refractivity contribution in [2.24, 2.45) is 7.05 Å². The van der Waals surface area contributed by atoms with E-state index >= 15 is 0 Å². The standard InChI is InChI=1S/C12H16BrN5O/c1-3-8-6-19-5-4-18(8)12-9-10(13)16-17(2)11(9)14-7-15-12/h7-8H,3-6H2,1-2H3. The summed E-state index contributed by atoms with van der Waals surface area (Å²) in [6.45, 7) is 4.51. The summed E-state index contributed by atoms with van der Waals surface area (Å²) in [7, 11) is 1.89. The molecule has 19 heavy (non-hydrogen) atoms. The predicted molar refractivity (Wildman–Crippen MR) is 76.2 cm³/mol. The lowest BCUT2D eigenvalue weighted by molar-refractivity contribution is 0.0927. The van der Waals surface area contributed by atoms with Crippen LogP contribution in [0.15, 0.2) is 10.9 Å². The van der Waals surface area contributed by atoms with Crippen LogP contribution in [0.2, 0.25) is 0 Å². The SMILES string of the molecule is CCC1COCCN1c1ncnc2c1c(Br)nn2C. The number of morpholine rings is 1. The maximum absolute atomic E-state index is 5.55. The summed E-state index contributed by atoms with van der Waals surface area (Å²) in [6.07, 6.45) is 2.64. The Kier molecular flexibility index (Phi) is 3.40. The Bertz CT molecular complexity index is 599. The van der Waals surface area contributed by atoms with Crippen LogP contribution in [-0.4, -0.2) is 45.5 Å². The zero-order valence-corrected chi connectivity index (χ0v) is 12.6. The van der Waals surface area contributed by atoms with E-state index in [0.29, 0.717) is 6.04 Å². The first-order chi connectivity index (χ1) is 9.22. The van der Waals surface area contributed by atoms with Crippen LogP contribution in [0, 0.1) is 0 Å². The highest BCUT2D eigenvalue weighted by Gasteiger charge is 2.26. The molecule has 1 atom stereocenters. The second-order valence-corrected chi connectivity index (χ2v) is 5.39. The number of hydrogen-bond donors (Lipinski definition) is 0. The van der Waals surface area contributed by atoms with E-state index in [1.54, 1.807) is 11.0 Å². The summed E-state index contributed by atoms with van der Waals surface area (Å²) in [5.74, 6) is 0.945. The van der Waals surface area contributed by atoms with Crippen LogP contribution in [-0.2, 0) is 11.8 Å². The van der Waals surface area contributed by atoms with Crippen LogP contribution in [0.25, 0.3) is 11.0 Å². The van der Waals surface area contributed by atoms with Gasteiger partial charge in [0, 0.05) is 13.6 Å². The Balaban J connectivity index is 2.13. The Hall–Kier alpha value is -1.21. The highest BCUT2D eigenvalue weighted by Crippen LogP contribution is 2.31. The molecule has 102 valence electrons. The molecule has 7 heteroatoms. The molecule has 2 aromatic rings. The number of aryl methyl sites for hydroxylation is 1. The summed E-state index contributed by atoms with van der Waals surface area (Å²) in [6, 6.07) is 0.360. The van der Waals surface area contributed by atoms with E-state index in [0.717, 1.165) is 47.6 Å². The van der Waals surface area contributed by atoms with Crippen molar-refractivity contribution >= 4 is 32.8 Å². The Morgan fingerprint density at radius 2 is 2.32 bits per heavy atom. The van der Waals surface area contributed by atoms with Gasteiger partial charge in [0.25, 0.3) is 0 Å². The van der Waals surface area contributed by atoms with Crippen molar-refractivity contribution in [2.75, 3.05) is 24.7 Å². The molecule has 1 aliphatic heterocycles. The largest absolute Gasteiger partial charge is 0.377 e. The summed E-state index contributed by atoms with van der Waals surface area (Å²) >= 11 is 3.51. The molecule has 0 radical (unpaired) electrons. The smallest absolute Gasteiger partial charge is 0.164 e. The highest BCUT2D eigenvalue weighted by molar-refractivity contribution is 9.10. The molecule has 0 N–H and O–H groups in total. The van der Waals surface area contributed by atoms with Gasteiger partial charge in [0.05, 0.1) is 24.6 Å². The maximum Gasteiger partial charge on any atom is 0.164 e. The monoisotopic (exact) mass is 325 g/mol. The minimum absolute atomic E-state index is 0.360. The Labute approximate surface area is 119 Å². The average molecular weight is 326 g/mol. The van der Waals surface area contributed by atoms with Crippen molar-refractivity contribution in [3.63, 3.8) is 0 Å². The molecule has 0 saturated carbocycles. The molecule has 2 aromatic heterocycles. The van der Waals surface area contributed by atoms with Crippen LogP contribution < -0.4 is 4.90 Å². The van der Waals surface area contributed by atoms with Gasteiger partial charge in [-0.3, -0.25) is 0 Å². The zero-order valence-electron chi connectivity index (χ0n) is 11.0. The van der Waals surface area contributed by atoms with Gasteiger partial charge < -0.3 is 9.64 Å². The third kappa shape index (κ3) is 2.10. The van der Waals surface area contributed by atoms with Gasteiger partial charge in [0.1, 0.15) is 16.7 Å². The van der Waals surface area contributed by atoms with Crippen molar-refractivity contribution in [1.29, 1.82) is 0 Å². The lowest BCUT2D eigenvalue weighted by Gasteiger charge is -2.36. The summed E-state index contributed by atoms with van der Waals surface area (Å²) < 4.78 is 8.12. The summed E-state index contributed by atoms with van der Waals surface area (Å²) in [5.41, 5.74) is 0.846. The van der Waals surface area contributed by atoms with Crippen molar-refractivity contribution in [1.82, 2.24) is 19.7 Å². The number of rotatable bonds is 2. The van der Waals surface area contributed by atoms with E-state index in [1.807, 2.05) is 7.05 Å². The van der Waals surface area contributed by atoms with Gasteiger partial charge in [0.2, 0.25) is 0 Å². The fraction of sp³-hybridized carbons (Fsp3) is 0.583. The first-order valence-corrected chi connectivity index (χ1v) is 7.19. The Morgan fingerprint density at radius 3 is 3.11 bits per heavy atom. The van der Waals surface area contributed by atoms with Crippen LogP contribution in [0.5, 0.6) is 0 Å². The number of aromatic nitrogens is 4. The van der Waals surface area contributed by atoms with Gasteiger partial charge in [-0.2, -0.15) is 5.10 Å². The van der Waals surface area contributed by atoms with E-state index < -0.39 is 0 Å². The topological polar surface area (TPSA) is 56.1 Å². The number of nitrogens with zero attached hydrogens (tertiary/aromatic N) is 5. The molecule has 1 saturated heterocycles. The maximum atomic E-state index is 5.55. The Morgan fingerprint density at radius 1 is 1.47 bits per heavy atom. The number of fused-ring (bicyclic) bond motifs is 1. The number of anilines is 1. The van der Waals surface area contributed by atoms with Crippen molar-refractivity contribution in [3.05, 3.63) is 10.9 Å². The van der Waals surface area contributed by atoms with Crippen molar-refractivity contribution in [3.8, 4) is 0 Å². The van der Waals surface area contributed by atoms with Gasteiger partial charge >= 0.3 is 0 Å². The molecule has 1 aliphatic rings. The van der Waals surface area contributed by atoms with Gasteiger partial charge in [-0.05, 0) is 22.4 Å². The quantitative estimate of drug-likeness (QED) is 0.841. The van der Waals surface area contributed by atoms with E-state index in [4.69, 9.17) is 4.74 Å². The number of hydrogen-bond acceptors (Lipinski definition) is 5. The van der Waals surface area contributed by atoms with Gasteiger partial charge in [-0.15, -0.1) is 0 Å². The first-order valence-electron chi connectivity index (χ1n) is 6.40. The zero-order chi connectivity index (χ0) is 13.4. The summed E-state index contributed by atoms with van der Waals surface area (Å²) in [4.78, 5) is 11.1. The molecule has 3 rings (SSSR count). The van der Waals surface area contributed by atoms with E-state index in [1.165, 1.54) is 0 Å². The molecular formula is C12H16BrN5O. The lowest BCUT2D eigenvalue weighted by atomic mass is 10.1. The molecule has 1 fully saturated rings. The van der Waals surface area contributed by atoms with E-state index in [-0.39, 0.29) is 0 Å². The fourth-order valence-electron chi connectivity index (χ4n) is 2.52. The molecule has 0 bridgehead atoms. The predicted octanol–water partition coefficient (Wildman–Crippen LogP) is 1.74. The first kappa shape index (κ1) is 12.8. The van der Waals surface area contributed by atoms with Crippen LogP contribution >= 0.6 is 15.9 Å². The number of ether oxygens (including phenoxy) is 1. The highest BCUT2D eigenvalue weighted by atomic mass is 79.9. The molecule has 3 heterocycles. The number of halogens is 1. The van der Waals surface area contributed by atoms with Crippen molar-refractivity contribution < 1.29 is 4.74 Å². The lowest BCUT2D eigenvalue weighted by Crippen LogP contribution is -2.45. The second kappa shape index (κ2) is 5.05. The molecule has 0 amide bonds. The minimum atomic E-state index is 0.360.